The molecule has 0 N–H and O–H groups in total. The van der Waals surface area contributed by atoms with E-state index < -0.39 is 7.59 Å². The Bertz CT molecular complexity index is 85.3. The van der Waals surface area contributed by atoms with E-state index in [2.05, 4.69) is 0 Å². The van der Waals surface area contributed by atoms with E-state index in [9.17, 15) is 0 Å². The van der Waals surface area contributed by atoms with Gasteiger partial charge in [0.05, 0.1) is 5.88 Å². The summed E-state index contributed by atoms with van der Waals surface area (Å²) in [5.74, 6) is 0.0394. The van der Waals surface area contributed by atoms with Crippen LogP contribution in [0.3, 0.4) is 0 Å². The first-order valence-corrected chi connectivity index (χ1v) is 5.62. The minimum atomic E-state index is -1.28. The lowest BCUT2D eigenvalue weighted by Gasteiger charge is -2.02. The Balaban J connectivity index is 0. The van der Waals surface area contributed by atoms with Crippen molar-refractivity contribution in [3.05, 3.63) is 0 Å². The molecule has 0 aromatic carbocycles. The highest BCUT2D eigenvalue weighted by molar-refractivity contribution is 6.69. The molecule has 0 spiro atoms. The van der Waals surface area contributed by atoms with Gasteiger partial charge < -0.3 is 0 Å². The van der Waals surface area contributed by atoms with Crippen LogP contribution in [0, 0.1) is 0 Å². The average molecular weight is 315 g/mol. The van der Waals surface area contributed by atoms with E-state index in [1.807, 2.05) is 6.92 Å². The summed E-state index contributed by atoms with van der Waals surface area (Å²) < 4.78 is -2.32. The summed E-state index contributed by atoms with van der Waals surface area (Å²) in [5.41, 5.74) is 0. The first-order valence-electron chi connectivity index (χ1n) is 2.82. The molecule has 0 saturated carbocycles. The lowest BCUT2D eigenvalue weighted by Crippen LogP contribution is -2.01. The molecule has 0 radical (unpaired) electrons. The third kappa shape index (κ3) is 22.7. The average Bonchev–Trinajstić information content (AvgIpc) is 1.86. The van der Waals surface area contributed by atoms with Gasteiger partial charge in [-0.05, 0) is 6.42 Å². The number of hydrogen-bond acceptors (Lipinski definition) is 0. The second kappa shape index (κ2) is 7.34. The van der Waals surface area contributed by atoms with Crippen LogP contribution in [0.4, 0.5) is 0 Å². The Morgan fingerprint density at radius 2 is 1.00 bits per heavy atom. The molecule has 0 aromatic heterocycles. The predicted octanol–water partition coefficient (Wildman–Crippen LogP) is 5.36. The van der Waals surface area contributed by atoms with Gasteiger partial charge in [0.25, 0.3) is 0 Å². The van der Waals surface area contributed by atoms with Crippen molar-refractivity contribution < 1.29 is 0 Å². The monoisotopic (exact) mass is 312 g/mol. The topological polar surface area (TPSA) is 0 Å². The molecule has 0 nitrogen and oxygen atoms in total. The predicted molar refractivity (Wildman–Crippen MR) is 61.6 cm³/mol. The minimum absolute atomic E-state index is 0.0394. The Morgan fingerprint density at radius 3 is 1.00 bits per heavy atom. The van der Waals surface area contributed by atoms with Crippen molar-refractivity contribution in [1.82, 2.24) is 0 Å². The normalized spacial score (nSPS) is 12.0. The molecule has 0 rings (SSSR count). The van der Waals surface area contributed by atoms with Crippen LogP contribution < -0.4 is 0 Å². The van der Waals surface area contributed by atoms with Crippen LogP contribution in [0.2, 0.25) is 0 Å². The summed E-state index contributed by atoms with van der Waals surface area (Å²) in [5, 5.41) is 0. The van der Waals surface area contributed by atoms with Crippen LogP contribution in [-0.4, -0.2) is 13.5 Å². The number of hydrogen-bond donors (Lipinski definition) is 0. The molecule has 0 aliphatic heterocycles. The van der Waals surface area contributed by atoms with Crippen molar-refractivity contribution in [2.45, 2.75) is 20.9 Å². The SMILES string of the molecule is CCC(Cl)(Cl)Cl.ClCC(Cl)(Cl)Cl. The Labute approximate surface area is 107 Å². The quantitative estimate of drug-likeness (QED) is 0.528. The Morgan fingerprint density at radius 1 is 0.833 bits per heavy atom. The van der Waals surface area contributed by atoms with Gasteiger partial charge in [-0.1, -0.05) is 76.5 Å². The molecule has 0 aliphatic carbocycles. The molecule has 0 amide bonds. The molecular formula is C5H7Cl7. The molecule has 0 aromatic rings. The second-order valence-corrected chi connectivity index (χ2v) is 7.02. The van der Waals surface area contributed by atoms with E-state index in [0.717, 1.165) is 0 Å². The molecule has 0 aliphatic rings. The minimum Gasteiger partial charge on any atom is -0.122 e. The molecular weight excluding hydrogens is 308 g/mol. The number of alkyl halides is 7. The standard InChI is InChI=1S/C3H5Cl3.C2H2Cl4/c1-2-3(4,5)6;3-1-2(4,5)6/h2H2,1H3;1H2. The second-order valence-electron chi connectivity index (χ2n) is 1.72. The van der Waals surface area contributed by atoms with Crippen LogP contribution >= 0.6 is 81.2 Å². The molecule has 0 fully saturated rings. The van der Waals surface area contributed by atoms with E-state index in [4.69, 9.17) is 81.2 Å². The van der Waals surface area contributed by atoms with Crippen molar-refractivity contribution in [2.75, 3.05) is 5.88 Å². The summed E-state index contributed by atoms with van der Waals surface area (Å²) in [4.78, 5) is 0. The van der Waals surface area contributed by atoms with E-state index in [1.54, 1.807) is 0 Å². The van der Waals surface area contributed by atoms with Crippen LogP contribution in [0.15, 0.2) is 0 Å². The van der Waals surface area contributed by atoms with Crippen molar-refractivity contribution in [2.24, 2.45) is 0 Å². The summed E-state index contributed by atoms with van der Waals surface area (Å²) in [6.07, 6.45) is 0.567. The smallest absolute Gasteiger partial charge is 0.122 e. The van der Waals surface area contributed by atoms with E-state index in [0.29, 0.717) is 6.42 Å². The van der Waals surface area contributed by atoms with Gasteiger partial charge in [-0.3, -0.25) is 0 Å². The van der Waals surface area contributed by atoms with Gasteiger partial charge in [0.15, 0.2) is 3.79 Å². The first kappa shape index (κ1) is 16.5. The number of halogens is 7. The van der Waals surface area contributed by atoms with Crippen molar-refractivity contribution in [1.29, 1.82) is 0 Å². The fraction of sp³-hybridized carbons (Fsp3) is 1.00. The zero-order valence-electron chi connectivity index (χ0n) is 6.06. The van der Waals surface area contributed by atoms with Crippen molar-refractivity contribution in [3.63, 3.8) is 0 Å². The molecule has 0 saturated heterocycles. The van der Waals surface area contributed by atoms with Crippen LogP contribution in [-0.2, 0) is 0 Å². The lowest BCUT2D eigenvalue weighted by atomic mass is 10.6. The molecule has 0 unspecified atom stereocenters. The zero-order valence-corrected chi connectivity index (χ0v) is 11.4. The first-order chi connectivity index (χ1) is 5.12. The largest absolute Gasteiger partial charge is 0.203 e. The van der Waals surface area contributed by atoms with Crippen LogP contribution in [0.1, 0.15) is 13.3 Å². The molecule has 0 bridgehead atoms. The van der Waals surface area contributed by atoms with Crippen molar-refractivity contribution >= 4 is 81.2 Å². The highest BCUT2D eigenvalue weighted by atomic mass is 35.6. The van der Waals surface area contributed by atoms with Gasteiger partial charge in [0.2, 0.25) is 3.79 Å². The Kier molecular flexibility index (Phi) is 10.1. The van der Waals surface area contributed by atoms with Crippen molar-refractivity contribution in [3.8, 4) is 0 Å². The highest BCUT2D eigenvalue weighted by Crippen LogP contribution is 2.28. The zero-order chi connectivity index (χ0) is 10.4. The number of rotatable bonds is 0. The molecule has 0 atom stereocenters. The summed E-state index contributed by atoms with van der Waals surface area (Å²) in [6, 6.07) is 0. The highest BCUT2D eigenvalue weighted by Gasteiger charge is 2.16. The molecule has 0 heterocycles. The van der Waals surface area contributed by atoms with E-state index in [1.165, 1.54) is 0 Å². The summed E-state index contributed by atoms with van der Waals surface area (Å²) in [6.45, 7) is 1.81. The van der Waals surface area contributed by atoms with Gasteiger partial charge in [-0.25, -0.2) is 0 Å². The van der Waals surface area contributed by atoms with Gasteiger partial charge in [0.1, 0.15) is 0 Å². The molecule has 76 valence electrons. The fourth-order valence-electron chi connectivity index (χ4n) is 0. The third-order valence-electron chi connectivity index (χ3n) is 0.552. The van der Waals surface area contributed by atoms with Gasteiger partial charge >= 0.3 is 0 Å². The molecule has 7 heteroatoms. The van der Waals surface area contributed by atoms with Crippen LogP contribution in [0.25, 0.3) is 0 Å². The van der Waals surface area contributed by atoms with Gasteiger partial charge in [-0.2, -0.15) is 0 Å². The fourth-order valence-corrected chi connectivity index (χ4v) is 0. The van der Waals surface area contributed by atoms with E-state index in [-0.39, 0.29) is 5.88 Å². The van der Waals surface area contributed by atoms with Gasteiger partial charge in [0, 0.05) is 0 Å². The summed E-state index contributed by atoms with van der Waals surface area (Å²) >= 11 is 36.2. The third-order valence-corrected chi connectivity index (χ3v) is 2.57. The Hall–Kier alpha value is 2.03. The van der Waals surface area contributed by atoms with E-state index >= 15 is 0 Å². The van der Waals surface area contributed by atoms with Crippen LogP contribution in [0.5, 0.6) is 0 Å². The maximum Gasteiger partial charge on any atom is 0.203 e. The van der Waals surface area contributed by atoms with Gasteiger partial charge in [-0.15, -0.1) is 11.6 Å². The maximum absolute atomic E-state index is 5.25. The lowest BCUT2D eigenvalue weighted by molar-refractivity contribution is 0.974. The maximum atomic E-state index is 5.25. The molecule has 12 heavy (non-hydrogen) atoms. The summed E-state index contributed by atoms with van der Waals surface area (Å²) in [7, 11) is 0.